The van der Waals surface area contributed by atoms with Gasteiger partial charge in [0, 0.05) is 12.2 Å². The Hall–Kier alpha value is -1.61. The average molecular weight is 247 g/mol. The minimum Gasteiger partial charge on any atom is -0.396 e. The van der Waals surface area contributed by atoms with Crippen molar-refractivity contribution in [3.8, 4) is 0 Å². The summed E-state index contributed by atoms with van der Waals surface area (Å²) in [5.41, 5.74) is 1.78. The van der Waals surface area contributed by atoms with E-state index in [9.17, 15) is 4.79 Å². The Morgan fingerprint density at radius 2 is 2.06 bits per heavy atom. The molecule has 0 fully saturated rings. The van der Waals surface area contributed by atoms with Gasteiger partial charge >= 0.3 is 0 Å². The molecule has 0 saturated carbocycles. The molecule has 0 bridgehead atoms. The first-order valence-electron chi connectivity index (χ1n) is 6.28. The Morgan fingerprint density at radius 3 is 2.61 bits per heavy atom. The molecule has 0 aliphatic heterocycles. The lowest BCUT2D eigenvalue weighted by molar-refractivity contribution is -0.118. The highest BCUT2D eigenvalue weighted by molar-refractivity contribution is 5.92. The van der Waals surface area contributed by atoms with Crippen molar-refractivity contribution in [1.82, 2.24) is 5.32 Å². The summed E-state index contributed by atoms with van der Waals surface area (Å²) in [6, 6.07) is 9.80. The minimum atomic E-state index is -0.0516. The Balaban J connectivity index is 2.76. The molecule has 1 amide bonds. The smallest absolute Gasteiger partial charge is 0.247 e. The number of hydrogen-bond donors (Lipinski definition) is 2. The lowest BCUT2D eigenvalue weighted by Gasteiger charge is -2.19. The van der Waals surface area contributed by atoms with Gasteiger partial charge < -0.3 is 10.4 Å². The molecular weight excluding hydrogens is 226 g/mol. The van der Waals surface area contributed by atoms with Crippen molar-refractivity contribution < 1.29 is 9.90 Å². The summed E-state index contributed by atoms with van der Waals surface area (Å²) >= 11 is 0. The van der Waals surface area contributed by atoms with Crippen LogP contribution in [-0.4, -0.2) is 17.6 Å². The van der Waals surface area contributed by atoms with E-state index in [1.165, 1.54) is 0 Å². The third-order valence-electron chi connectivity index (χ3n) is 2.95. The monoisotopic (exact) mass is 247 g/mol. The van der Waals surface area contributed by atoms with Gasteiger partial charge in [0.05, 0.1) is 6.04 Å². The summed E-state index contributed by atoms with van der Waals surface area (Å²) in [4.78, 5) is 11.9. The first-order chi connectivity index (χ1) is 8.69. The van der Waals surface area contributed by atoms with E-state index in [0.29, 0.717) is 12.0 Å². The van der Waals surface area contributed by atoms with Crippen molar-refractivity contribution in [2.45, 2.75) is 32.7 Å². The number of aliphatic hydroxyl groups excluding tert-OH is 1. The molecule has 0 saturated heterocycles. The molecule has 0 aromatic heterocycles. The molecule has 3 nitrogen and oxygen atoms in total. The molecule has 18 heavy (non-hydrogen) atoms. The van der Waals surface area contributed by atoms with Crippen LogP contribution in [0, 0.1) is 0 Å². The summed E-state index contributed by atoms with van der Waals surface area (Å²) in [5, 5.41) is 11.9. The van der Waals surface area contributed by atoms with E-state index in [0.717, 1.165) is 12.0 Å². The van der Waals surface area contributed by atoms with Gasteiger partial charge in [-0.3, -0.25) is 4.79 Å². The Labute approximate surface area is 109 Å². The number of amides is 1. The van der Waals surface area contributed by atoms with Crippen molar-refractivity contribution >= 4 is 5.91 Å². The fraction of sp³-hybridized carbons (Fsp3) is 0.400. The SMILES string of the molecule is C/C=C(/C)C(=O)NC(CCCO)c1ccccc1. The predicted octanol–water partition coefficient (Wildman–Crippen LogP) is 2.58. The van der Waals surface area contributed by atoms with Crippen LogP contribution in [0.25, 0.3) is 0 Å². The Morgan fingerprint density at radius 1 is 1.39 bits per heavy atom. The quantitative estimate of drug-likeness (QED) is 0.759. The number of carbonyl (C=O) groups is 1. The fourth-order valence-corrected chi connectivity index (χ4v) is 1.71. The van der Waals surface area contributed by atoms with Gasteiger partial charge in [0.15, 0.2) is 0 Å². The van der Waals surface area contributed by atoms with E-state index < -0.39 is 0 Å². The zero-order valence-corrected chi connectivity index (χ0v) is 11.0. The van der Waals surface area contributed by atoms with Crippen LogP contribution in [0.2, 0.25) is 0 Å². The fourth-order valence-electron chi connectivity index (χ4n) is 1.71. The normalized spacial score (nSPS) is 13.2. The predicted molar refractivity (Wildman–Crippen MR) is 73.1 cm³/mol. The van der Waals surface area contributed by atoms with Gasteiger partial charge in [-0.25, -0.2) is 0 Å². The summed E-state index contributed by atoms with van der Waals surface area (Å²) in [5.74, 6) is -0.0516. The van der Waals surface area contributed by atoms with Gasteiger partial charge in [-0.1, -0.05) is 36.4 Å². The number of nitrogens with one attached hydrogen (secondary N) is 1. The third kappa shape index (κ3) is 4.34. The van der Waals surface area contributed by atoms with E-state index in [-0.39, 0.29) is 18.6 Å². The summed E-state index contributed by atoms with van der Waals surface area (Å²) in [7, 11) is 0. The summed E-state index contributed by atoms with van der Waals surface area (Å²) in [6.07, 6.45) is 3.21. The van der Waals surface area contributed by atoms with Crippen molar-refractivity contribution in [3.05, 3.63) is 47.5 Å². The van der Waals surface area contributed by atoms with E-state index in [1.807, 2.05) is 37.3 Å². The van der Waals surface area contributed by atoms with Crippen molar-refractivity contribution in [2.75, 3.05) is 6.61 Å². The molecule has 1 atom stereocenters. The van der Waals surface area contributed by atoms with Crippen LogP contribution >= 0.6 is 0 Å². The molecule has 0 radical (unpaired) electrons. The van der Waals surface area contributed by atoms with E-state index in [4.69, 9.17) is 5.11 Å². The molecule has 0 aliphatic rings. The summed E-state index contributed by atoms with van der Waals surface area (Å²) in [6.45, 7) is 3.78. The van der Waals surface area contributed by atoms with Crippen LogP contribution in [0.5, 0.6) is 0 Å². The standard InChI is InChI=1S/C15H21NO2/c1-3-12(2)15(18)16-14(10-7-11-17)13-8-5-4-6-9-13/h3-6,8-9,14,17H,7,10-11H2,1-2H3,(H,16,18)/b12-3-. The topological polar surface area (TPSA) is 49.3 Å². The largest absolute Gasteiger partial charge is 0.396 e. The molecule has 1 rings (SSSR count). The van der Waals surface area contributed by atoms with Gasteiger partial charge in [0.25, 0.3) is 0 Å². The van der Waals surface area contributed by atoms with Crippen LogP contribution < -0.4 is 5.32 Å². The lowest BCUT2D eigenvalue weighted by atomic mass is 10.0. The van der Waals surface area contributed by atoms with Crippen LogP contribution in [0.1, 0.15) is 38.3 Å². The second-order valence-electron chi connectivity index (χ2n) is 4.27. The Kier molecular flexibility index (Phi) is 6.15. The van der Waals surface area contributed by atoms with Crippen molar-refractivity contribution in [2.24, 2.45) is 0 Å². The first kappa shape index (κ1) is 14.5. The van der Waals surface area contributed by atoms with Gasteiger partial charge in [0.1, 0.15) is 0 Å². The lowest BCUT2D eigenvalue weighted by Crippen LogP contribution is -2.29. The number of benzene rings is 1. The second-order valence-corrected chi connectivity index (χ2v) is 4.27. The van der Waals surface area contributed by atoms with Gasteiger partial charge in [0.2, 0.25) is 5.91 Å². The maximum Gasteiger partial charge on any atom is 0.247 e. The first-order valence-corrected chi connectivity index (χ1v) is 6.28. The maximum absolute atomic E-state index is 11.9. The maximum atomic E-state index is 11.9. The van der Waals surface area contributed by atoms with Crippen LogP contribution in [0.15, 0.2) is 42.0 Å². The number of aliphatic hydroxyl groups is 1. The molecule has 3 heteroatoms. The molecule has 98 valence electrons. The zero-order valence-electron chi connectivity index (χ0n) is 11.0. The van der Waals surface area contributed by atoms with E-state index >= 15 is 0 Å². The average Bonchev–Trinajstić information content (AvgIpc) is 2.43. The van der Waals surface area contributed by atoms with Crippen molar-refractivity contribution in [3.63, 3.8) is 0 Å². The number of allylic oxidation sites excluding steroid dienone is 1. The van der Waals surface area contributed by atoms with Gasteiger partial charge in [-0.15, -0.1) is 0 Å². The molecule has 1 aromatic carbocycles. The van der Waals surface area contributed by atoms with E-state index in [2.05, 4.69) is 5.32 Å². The molecule has 0 spiro atoms. The highest BCUT2D eigenvalue weighted by atomic mass is 16.2. The molecular formula is C15H21NO2. The van der Waals surface area contributed by atoms with Gasteiger partial charge in [-0.05, 0) is 32.3 Å². The molecule has 2 N–H and O–H groups in total. The van der Waals surface area contributed by atoms with Gasteiger partial charge in [-0.2, -0.15) is 0 Å². The zero-order chi connectivity index (χ0) is 13.4. The van der Waals surface area contributed by atoms with Crippen LogP contribution in [0.4, 0.5) is 0 Å². The second kappa shape index (κ2) is 7.67. The molecule has 0 aliphatic carbocycles. The third-order valence-corrected chi connectivity index (χ3v) is 2.95. The molecule has 1 aromatic rings. The highest BCUT2D eigenvalue weighted by Gasteiger charge is 2.14. The van der Waals surface area contributed by atoms with Crippen LogP contribution in [0.3, 0.4) is 0 Å². The molecule has 1 unspecified atom stereocenters. The van der Waals surface area contributed by atoms with Crippen LogP contribution in [-0.2, 0) is 4.79 Å². The highest BCUT2D eigenvalue weighted by Crippen LogP contribution is 2.18. The van der Waals surface area contributed by atoms with Crippen molar-refractivity contribution in [1.29, 1.82) is 0 Å². The summed E-state index contributed by atoms with van der Waals surface area (Å²) < 4.78 is 0. The number of rotatable bonds is 6. The number of carbonyl (C=O) groups excluding carboxylic acids is 1. The van der Waals surface area contributed by atoms with E-state index in [1.54, 1.807) is 13.0 Å². The molecule has 0 heterocycles. The Bertz CT molecular complexity index is 398. The minimum absolute atomic E-state index is 0.0410. The number of hydrogen-bond acceptors (Lipinski definition) is 2.